The minimum Gasteiger partial charge on any atom is -0.379 e. The number of anilines is 1. The lowest BCUT2D eigenvalue weighted by Gasteiger charge is -2.07. The highest BCUT2D eigenvalue weighted by atomic mass is 32.2. The van der Waals surface area contributed by atoms with Crippen LogP contribution in [0, 0.1) is 0 Å². The van der Waals surface area contributed by atoms with Crippen molar-refractivity contribution in [3.8, 4) is 0 Å². The van der Waals surface area contributed by atoms with Crippen molar-refractivity contribution in [1.82, 2.24) is 19.3 Å². The van der Waals surface area contributed by atoms with Crippen molar-refractivity contribution in [2.45, 2.75) is 17.5 Å². The van der Waals surface area contributed by atoms with E-state index in [2.05, 4.69) is 14.8 Å². The monoisotopic (exact) mass is 297 g/mol. The van der Waals surface area contributed by atoms with Crippen LogP contribution in [0.4, 0.5) is 5.69 Å². The summed E-state index contributed by atoms with van der Waals surface area (Å²) < 4.78 is 35.2. The molecule has 2 aromatic heterocycles. The summed E-state index contributed by atoms with van der Waals surface area (Å²) in [6, 6.07) is 0.170. The van der Waals surface area contributed by atoms with Gasteiger partial charge in [-0.15, -0.1) is 0 Å². The highest BCUT2D eigenvalue weighted by Crippen LogP contribution is 2.20. The van der Waals surface area contributed by atoms with Crippen molar-refractivity contribution in [3.63, 3.8) is 0 Å². The number of imidazole rings is 1. The molecule has 8 nitrogen and oxygen atoms in total. The predicted octanol–water partition coefficient (Wildman–Crippen LogP) is 0.379. The molecule has 108 valence electrons. The first-order valence-corrected chi connectivity index (χ1v) is 7.65. The zero-order valence-corrected chi connectivity index (χ0v) is 11.7. The van der Waals surface area contributed by atoms with Crippen molar-refractivity contribution < 1.29 is 13.2 Å². The predicted molar refractivity (Wildman–Crippen MR) is 70.7 cm³/mol. The third-order valence-corrected chi connectivity index (χ3v) is 4.36. The Morgan fingerprint density at radius 1 is 1.45 bits per heavy atom. The first kappa shape index (κ1) is 13.1. The molecule has 0 radical (unpaired) electrons. The van der Waals surface area contributed by atoms with Crippen LogP contribution in [-0.4, -0.2) is 41.0 Å². The van der Waals surface area contributed by atoms with Crippen LogP contribution in [0.15, 0.2) is 29.9 Å². The average molecular weight is 297 g/mol. The molecule has 0 spiro atoms. The van der Waals surface area contributed by atoms with Crippen molar-refractivity contribution in [1.29, 1.82) is 0 Å². The van der Waals surface area contributed by atoms with E-state index in [9.17, 15) is 8.42 Å². The van der Waals surface area contributed by atoms with Gasteiger partial charge in [-0.1, -0.05) is 0 Å². The van der Waals surface area contributed by atoms with E-state index >= 15 is 0 Å². The van der Waals surface area contributed by atoms with E-state index in [-0.39, 0.29) is 11.1 Å². The molecular formula is C11H15N5O3S. The number of ether oxygens (including phenoxy) is 1. The van der Waals surface area contributed by atoms with Gasteiger partial charge in [0.25, 0.3) is 10.0 Å². The Kier molecular flexibility index (Phi) is 3.22. The molecule has 0 amide bonds. The molecule has 1 aliphatic heterocycles. The third-order valence-electron chi connectivity index (χ3n) is 3.09. The van der Waals surface area contributed by atoms with E-state index in [1.54, 1.807) is 22.5 Å². The zero-order valence-electron chi connectivity index (χ0n) is 10.9. The van der Waals surface area contributed by atoms with Gasteiger partial charge in [0.15, 0.2) is 5.03 Å². The number of aryl methyl sites for hydroxylation is 1. The minimum atomic E-state index is -3.67. The fourth-order valence-electron chi connectivity index (χ4n) is 2.06. The summed E-state index contributed by atoms with van der Waals surface area (Å²) in [5.74, 6) is 0. The maximum atomic E-state index is 12.1. The molecule has 9 heteroatoms. The van der Waals surface area contributed by atoms with Gasteiger partial charge in [0.05, 0.1) is 30.9 Å². The van der Waals surface area contributed by atoms with Gasteiger partial charge in [0.1, 0.15) is 0 Å². The van der Waals surface area contributed by atoms with Crippen molar-refractivity contribution in [2.24, 2.45) is 7.05 Å². The molecule has 1 unspecified atom stereocenters. The second-order valence-corrected chi connectivity index (χ2v) is 6.34. The van der Waals surface area contributed by atoms with Gasteiger partial charge >= 0.3 is 0 Å². The smallest absolute Gasteiger partial charge is 0.281 e. The highest BCUT2D eigenvalue weighted by Gasteiger charge is 2.21. The van der Waals surface area contributed by atoms with E-state index in [0.717, 1.165) is 6.42 Å². The summed E-state index contributed by atoms with van der Waals surface area (Å²) in [6.07, 6.45) is 6.91. The Balaban J connectivity index is 1.77. The van der Waals surface area contributed by atoms with E-state index in [4.69, 9.17) is 4.74 Å². The van der Waals surface area contributed by atoms with Gasteiger partial charge < -0.3 is 9.30 Å². The standard InChI is InChI=1S/C11H15N5O3S/c1-15-6-11(12-8-15)20(17,18)14-9-4-13-16(5-9)10-2-3-19-7-10/h4-6,8,10,14H,2-3,7H2,1H3. The zero-order chi connectivity index (χ0) is 14.2. The molecule has 3 rings (SSSR count). The number of aromatic nitrogens is 4. The number of hydrogen-bond donors (Lipinski definition) is 1. The molecule has 2 aromatic rings. The van der Waals surface area contributed by atoms with Crippen LogP contribution in [0.25, 0.3) is 0 Å². The van der Waals surface area contributed by atoms with Crippen LogP contribution in [0.1, 0.15) is 12.5 Å². The fourth-order valence-corrected chi connectivity index (χ4v) is 3.07. The lowest BCUT2D eigenvalue weighted by atomic mass is 10.3. The van der Waals surface area contributed by atoms with Gasteiger partial charge in [-0.05, 0) is 6.42 Å². The third kappa shape index (κ3) is 2.54. The SMILES string of the molecule is Cn1cnc(S(=O)(=O)Nc2cnn(C3CCOC3)c2)c1. The molecule has 1 saturated heterocycles. The van der Waals surface area contributed by atoms with Gasteiger partial charge in [-0.3, -0.25) is 9.40 Å². The molecule has 1 aliphatic rings. The molecule has 0 saturated carbocycles. The van der Waals surface area contributed by atoms with E-state index in [1.165, 1.54) is 18.7 Å². The Labute approximate surface area is 116 Å². The quantitative estimate of drug-likeness (QED) is 0.881. The number of nitrogens with one attached hydrogen (secondary N) is 1. The molecular weight excluding hydrogens is 282 g/mol. The van der Waals surface area contributed by atoms with E-state index in [0.29, 0.717) is 18.9 Å². The number of nitrogens with zero attached hydrogens (tertiary/aromatic N) is 4. The Hall–Kier alpha value is -1.87. The molecule has 0 aromatic carbocycles. The molecule has 1 fully saturated rings. The summed E-state index contributed by atoms with van der Waals surface area (Å²) in [5.41, 5.74) is 0.419. The van der Waals surface area contributed by atoms with Crippen LogP contribution in [0.3, 0.4) is 0 Å². The Bertz CT molecular complexity index is 699. The van der Waals surface area contributed by atoms with Gasteiger partial charge in [0, 0.05) is 26.0 Å². The number of rotatable bonds is 4. The van der Waals surface area contributed by atoms with Gasteiger partial charge in [-0.2, -0.15) is 13.5 Å². The van der Waals surface area contributed by atoms with Crippen LogP contribution < -0.4 is 4.72 Å². The number of sulfonamides is 1. The summed E-state index contributed by atoms with van der Waals surface area (Å²) in [4.78, 5) is 3.83. The summed E-state index contributed by atoms with van der Waals surface area (Å²) in [7, 11) is -1.96. The topological polar surface area (TPSA) is 91.0 Å². The molecule has 0 aliphatic carbocycles. The maximum absolute atomic E-state index is 12.1. The lowest BCUT2D eigenvalue weighted by Crippen LogP contribution is -2.13. The first-order chi connectivity index (χ1) is 9.54. The largest absolute Gasteiger partial charge is 0.379 e. The molecule has 1 atom stereocenters. The summed E-state index contributed by atoms with van der Waals surface area (Å²) in [6.45, 7) is 1.31. The first-order valence-electron chi connectivity index (χ1n) is 6.17. The Morgan fingerprint density at radius 3 is 2.95 bits per heavy atom. The molecule has 1 N–H and O–H groups in total. The highest BCUT2D eigenvalue weighted by molar-refractivity contribution is 7.92. The van der Waals surface area contributed by atoms with Crippen LogP contribution in [0.2, 0.25) is 0 Å². The minimum absolute atomic E-state index is 0.0167. The lowest BCUT2D eigenvalue weighted by molar-refractivity contribution is 0.184. The van der Waals surface area contributed by atoms with Crippen LogP contribution in [0.5, 0.6) is 0 Å². The van der Waals surface area contributed by atoms with Crippen LogP contribution in [-0.2, 0) is 21.8 Å². The van der Waals surface area contributed by atoms with Crippen LogP contribution >= 0.6 is 0 Å². The van der Waals surface area contributed by atoms with Crippen molar-refractivity contribution >= 4 is 15.7 Å². The maximum Gasteiger partial charge on any atom is 0.281 e. The number of hydrogen-bond acceptors (Lipinski definition) is 5. The molecule has 0 bridgehead atoms. The van der Waals surface area contributed by atoms with Crippen molar-refractivity contribution in [3.05, 3.63) is 24.9 Å². The summed E-state index contributed by atoms with van der Waals surface area (Å²) >= 11 is 0. The summed E-state index contributed by atoms with van der Waals surface area (Å²) in [5, 5.41) is 4.15. The average Bonchev–Trinajstić information content (AvgIpc) is 3.06. The molecule has 3 heterocycles. The fraction of sp³-hybridized carbons (Fsp3) is 0.455. The second-order valence-electron chi connectivity index (χ2n) is 4.71. The second kappa shape index (κ2) is 4.91. The van der Waals surface area contributed by atoms with Gasteiger partial charge in [0.2, 0.25) is 0 Å². The Morgan fingerprint density at radius 2 is 2.30 bits per heavy atom. The normalized spacial score (nSPS) is 19.4. The molecule has 20 heavy (non-hydrogen) atoms. The van der Waals surface area contributed by atoms with Gasteiger partial charge in [-0.25, -0.2) is 4.98 Å². The van der Waals surface area contributed by atoms with E-state index < -0.39 is 10.0 Å². The van der Waals surface area contributed by atoms with Crippen molar-refractivity contribution in [2.75, 3.05) is 17.9 Å². The van der Waals surface area contributed by atoms with E-state index in [1.807, 2.05) is 0 Å².